The number of carbonyl (C=O) groups is 1. The van der Waals surface area contributed by atoms with Crippen molar-refractivity contribution in [1.82, 2.24) is 0 Å². The quantitative estimate of drug-likeness (QED) is 0.834. The van der Waals surface area contributed by atoms with Gasteiger partial charge in [-0.3, -0.25) is 4.79 Å². The number of carbonyl (C=O) groups excluding carboxylic acids is 1. The molecule has 0 aliphatic carbocycles. The molecular weight excluding hydrogens is 316 g/mol. The number of nitrogens with two attached hydrogens (primary N) is 1. The molecule has 1 amide bonds. The van der Waals surface area contributed by atoms with Gasteiger partial charge >= 0.3 is 0 Å². The summed E-state index contributed by atoms with van der Waals surface area (Å²) in [7, 11) is 0. The summed E-state index contributed by atoms with van der Waals surface area (Å²) in [6.07, 6.45) is 1.12. The largest absolute Gasteiger partial charge is 0.399 e. The Morgan fingerprint density at radius 1 is 1.25 bits per heavy atom. The Morgan fingerprint density at radius 3 is 2.80 bits per heavy atom. The minimum absolute atomic E-state index is 0.00118. The highest BCUT2D eigenvalue weighted by Gasteiger charge is 2.06. The van der Waals surface area contributed by atoms with Crippen LogP contribution in [0.5, 0.6) is 0 Å². The maximum Gasteiger partial charge on any atom is 0.224 e. The molecule has 104 valence electrons. The Labute approximate surface area is 127 Å². The van der Waals surface area contributed by atoms with E-state index in [4.69, 9.17) is 5.73 Å². The third-order valence-electron chi connectivity index (χ3n) is 2.99. The SMILES string of the molecule is Cc1ccc(Br)c(NC(=O)CCc2cccc(N)c2)c1. The molecule has 2 rings (SSSR count). The molecule has 2 aromatic rings. The van der Waals surface area contributed by atoms with Crippen LogP contribution >= 0.6 is 15.9 Å². The van der Waals surface area contributed by atoms with Gasteiger partial charge in [0.2, 0.25) is 5.91 Å². The van der Waals surface area contributed by atoms with E-state index in [1.54, 1.807) is 0 Å². The molecule has 3 nitrogen and oxygen atoms in total. The molecule has 3 N–H and O–H groups in total. The Bertz CT molecular complexity index is 626. The van der Waals surface area contributed by atoms with Crippen LogP contribution in [-0.4, -0.2) is 5.91 Å². The van der Waals surface area contributed by atoms with Crippen molar-refractivity contribution in [2.75, 3.05) is 11.1 Å². The third kappa shape index (κ3) is 4.10. The summed E-state index contributed by atoms with van der Waals surface area (Å²) in [6.45, 7) is 1.99. The highest BCUT2D eigenvalue weighted by atomic mass is 79.9. The average Bonchev–Trinajstić information content (AvgIpc) is 2.41. The maximum absolute atomic E-state index is 12.0. The Hall–Kier alpha value is -1.81. The number of hydrogen-bond donors (Lipinski definition) is 2. The van der Waals surface area contributed by atoms with Gasteiger partial charge in [-0.25, -0.2) is 0 Å². The van der Waals surface area contributed by atoms with Crippen molar-refractivity contribution in [3.05, 3.63) is 58.1 Å². The summed E-state index contributed by atoms with van der Waals surface area (Å²) in [5.41, 5.74) is 9.44. The van der Waals surface area contributed by atoms with Gasteiger partial charge < -0.3 is 11.1 Å². The van der Waals surface area contributed by atoms with Crippen LogP contribution in [0.15, 0.2) is 46.9 Å². The molecule has 20 heavy (non-hydrogen) atoms. The zero-order valence-corrected chi connectivity index (χ0v) is 12.9. The molecule has 0 atom stereocenters. The van der Waals surface area contributed by atoms with Gasteiger partial charge in [-0.05, 0) is 64.7 Å². The van der Waals surface area contributed by atoms with E-state index < -0.39 is 0 Å². The number of halogens is 1. The standard InChI is InChI=1S/C16H17BrN2O/c1-11-5-7-14(17)15(9-11)19-16(20)8-6-12-3-2-4-13(18)10-12/h2-5,7,9-10H,6,8,18H2,1H3,(H,19,20). The summed E-state index contributed by atoms with van der Waals surface area (Å²) < 4.78 is 0.889. The van der Waals surface area contributed by atoms with E-state index in [1.807, 2.05) is 49.4 Å². The van der Waals surface area contributed by atoms with E-state index in [0.717, 1.165) is 27.0 Å². The van der Waals surface area contributed by atoms with Crippen LogP contribution in [0.4, 0.5) is 11.4 Å². The minimum Gasteiger partial charge on any atom is -0.399 e. The summed E-state index contributed by atoms with van der Waals surface area (Å²) >= 11 is 3.43. The zero-order chi connectivity index (χ0) is 14.5. The van der Waals surface area contributed by atoms with Gasteiger partial charge in [0.25, 0.3) is 0 Å². The Morgan fingerprint density at radius 2 is 2.05 bits per heavy atom. The first-order valence-corrected chi connectivity index (χ1v) is 7.24. The zero-order valence-electron chi connectivity index (χ0n) is 11.3. The van der Waals surface area contributed by atoms with Crippen molar-refractivity contribution in [1.29, 1.82) is 0 Å². The number of benzene rings is 2. The second kappa shape index (κ2) is 6.57. The van der Waals surface area contributed by atoms with E-state index in [0.29, 0.717) is 12.8 Å². The molecule has 4 heteroatoms. The first kappa shape index (κ1) is 14.6. The van der Waals surface area contributed by atoms with Gasteiger partial charge in [-0.15, -0.1) is 0 Å². The average molecular weight is 333 g/mol. The molecule has 0 unspecified atom stereocenters. The van der Waals surface area contributed by atoms with Gasteiger partial charge in [-0.1, -0.05) is 18.2 Å². The van der Waals surface area contributed by atoms with Crippen molar-refractivity contribution in [2.45, 2.75) is 19.8 Å². The fraction of sp³-hybridized carbons (Fsp3) is 0.188. The fourth-order valence-corrected chi connectivity index (χ4v) is 2.30. The monoisotopic (exact) mass is 332 g/mol. The van der Waals surface area contributed by atoms with Crippen LogP contribution in [0.25, 0.3) is 0 Å². The number of rotatable bonds is 4. The van der Waals surface area contributed by atoms with E-state index in [-0.39, 0.29) is 5.91 Å². The van der Waals surface area contributed by atoms with E-state index in [9.17, 15) is 4.79 Å². The summed E-state index contributed by atoms with van der Waals surface area (Å²) in [5, 5.41) is 2.92. The van der Waals surface area contributed by atoms with Crippen LogP contribution in [0, 0.1) is 6.92 Å². The molecule has 0 aromatic heterocycles. The summed E-state index contributed by atoms with van der Waals surface area (Å²) in [5.74, 6) is -0.00118. The van der Waals surface area contributed by atoms with Gasteiger partial charge in [0.05, 0.1) is 5.69 Å². The topological polar surface area (TPSA) is 55.1 Å². The smallest absolute Gasteiger partial charge is 0.224 e. The number of anilines is 2. The third-order valence-corrected chi connectivity index (χ3v) is 3.68. The Balaban J connectivity index is 1.94. The number of aryl methyl sites for hydroxylation is 2. The molecule has 0 aliphatic heterocycles. The predicted molar refractivity (Wildman–Crippen MR) is 86.7 cm³/mol. The number of amides is 1. The first-order chi connectivity index (χ1) is 9.54. The number of nitrogens with one attached hydrogen (secondary N) is 1. The molecule has 0 radical (unpaired) electrons. The first-order valence-electron chi connectivity index (χ1n) is 6.45. The second-order valence-corrected chi connectivity index (χ2v) is 5.63. The molecule has 0 saturated heterocycles. The van der Waals surface area contributed by atoms with Gasteiger partial charge in [0.15, 0.2) is 0 Å². The van der Waals surface area contributed by atoms with Crippen molar-refractivity contribution >= 4 is 33.2 Å². The van der Waals surface area contributed by atoms with Crippen LogP contribution < -0.4 is 11.1 Å². The normalized spacial score (nSPS) is 10.3. The van der Waals surface area contributed by atoms with Crippen LogP contribution in [-0.2, 0) is 11.2 Å². The van der Waals surface area contributed by atoms with Crippen LogP contribution in [0.3, 0.4) is 0 Å². The van der Waals surface area contributed by atoms with E-state index in [1.165, 1.54) is 0 Å². The molecule has 0 aliphatic rings. The molecule has 0 fully saturated rings. The van der Waals surface area contributed by atoms with Crippen molar-refractivity contribution in [3.63, 3.8) is 0 Å². The summed E-state index contributed by atoms with van der Waals surface area (Å²) in [6, 6.07) is 13.5. The minimum atomic E-state index is -0.00118. The highest BCUT2D eigenvalue weighted by Crippen LogP contribution is 2.23. The van der Waals surface area contributed by atoms with Crippen molar-refractivity contribution in [3.8, 4) is 0 Å². The molecule has 0 saturated carbocycles. The predicted octanol–water partition coefficient (Wildman–Crippen LogP) is 3.91. The van der Waals surface area contributed by atoms with Crippen molar-refractivity contribution in [2.24, 2.45) is 0 Å². The lowest BCUT2D eigenvalue weighted by Gasteiger charge is -2.08. The lowest BCUT2D eigenvalue weighted by atomic mass is 10.1. The van der Waals surface area contributed by atoms with Gasteiger partial charge in [0.1, 0.15) is 0 Å². The molecule has 0 bridgehead atoms. The highest BCUT2D eigenvalue weighted by molar-refractivity contribution is 9.10. The van der Waals surface area contributed by atoms with E-state index >= 15 is 0 Å². The molecule has 0 spiro atoms. The van der Waals surface area contributed by atoms with E-state index in [2.05, 4.69) is 21.2 Å². The Kier molecular flexibility index (Phi) is 4.79. The van der Waals surface area contributed by atoms with Crippen LogP contribution in [0.1, 0.15) is 17.5 Å². The lowest BCUT2D eigenvalue weighted by Crippen LogP contribution is -2.12. The summed E-state index contributed by atoms with van der Waals surface area (Å²) in [4.78, 5) is 12.0. The number of nitrogen functional groups attached to an aromatic ring is 1. The number of hydrogen-bond acceptors (Lipinski definition) is 2. The molecule has 2 aromatic carbocycles. The molecular formula is C16H17BrN2O. The molecule has 0 heterocycles. The maximum atomic E-state index is 12.0. The van der Waals surface area contributed by atoms with Gasteiger partial charge in [0, 0.05) is 16.6 Å². The lowest BCUT2D eigenvalue weighted by molar-refractivity contribution is -0.116. The second-order valence-electron chi connectivity index (χ2n) is 4.78. The fourth-order valence-electron chi connectivity index (χ4n) is 1.95. The van der Waals surface area contributed by atoms with Crippen molar-refractivity contribution < 1.29 is 4.79 Å². The van der Waals surface area contributed by atoms with Gasteiger partial charge in [-0.2, -0.15) is 0 Å². The van der Waals surface area contributed by atoms with Crippen LogP contribution in [0.2, 0.25) is 0 Å².